The monoisotopic (exact) mass is 294 g/mol. The van der Waals surface area contributed by atoms with E-state index in [0.29, 0.717) is 17.1 Å². The van der Waals surface area contributed by atoms with Crippen LogP contribution in [0.2, 0.25) is 0 Å². The van der Waals surface area contributed by atoms with Crippen molar-refractivity contribution in [2.45, 2.75) is 13.5 Å². The number of pyridine rings is 1. The minimum Gasteiger partial charge on any atom is -0.345 e. The Hall–Kier alpha value is -3.09. The molecule has 0 fully saturated rings. The first kappa shape index (κ1) is 13.9. The number of rotatable bonds is 4. The number of carbonyl (C=O) groups excluding carboxylic acids is 1. The van der Waals surface area contributed by atoms with E-state index in [1.54, 1.807) is 48.7 Å². The summed E-state index contributed by atoms with van der Waals surface area (Å²) in [6.07, 6.45) is 8.34. The molecule has 0 saturated heterocycles. The molecule has 0 aliphatic carbocycles. The first-order chi connectivity index (χ1) is 10.7. The molecule has 22 heavy (non-hydrogen) atoms. The Labute approximate surface area is 127 Å². The van der Waals surface area contributed by atoms with Gasteiger partial charge in [0.15, 0.2) is 0 Å². The lowest BCUT2D eigenvalue weighted by Gasteiger charge is -2.02. The zero-order valence-corrected chi connectivity index (χ0v) is 12.0. The van der Waals surface area contributed by atoms with Crippen LogP contribution in [0.1, 0.15) is 21.9 Å². The number of amides is 1. The zero-order chi connectivity index (χ0) is 15.4. The Morgan fingerprint density at radius 1 is 1.23 bits per heavy atom. The summed E-state index contributed by atoms with van der Waals surface area (Å²) < 4.78 is 1.64. The predicted octanol–water partition coefficient (Wildman–Crippen LogP) is 1.30. The molecule has 0 radical (unpaired) electrons. The molecule has 1 amide bonds. The molecule has 0 unspecified atom stereocenters. The third-order valence-electron chi connectivity index (χ3n) is 3.08. The molecule has 3 rings (SSSR count). The van der Waals surface area contributed by atoms with Crippen LogP contribution in [0.15, 0.2) is 49.2 Å². The highest BCUT2D eigenvalue weighted by molar-refractivity contribution is 5.95. The third kappa shape index (κ3) is 2.98. The lowest BCUT2D eigenvalue weighted by Crippen LogP contribution is -2.24. The molecule has 0 aromatic carbocycles. The minimum absolute atomic E-state index is 0.208. The smallest absolute Gasteiger partial charge is 0.255 e. The van der Waals surface area contributed by atoms with E-state index in [4.69, 9.17) is 0 Å². The molecule has 0 aliphatic heterocycles. The summed E-state index contributed by atoms with van der Waals surface area (Å²) in [6, 6.07) is 5.42. The van der Waals surface area contributed by atoms with Gasteiger partial charge >= 0.3 is 0 Å². The molecule has 0 bridgehead atoms. The van der Waals surface area contributed by atoms with Crippen LogP contribution in [0.5, 0.6) is 0 Å². The molecule has 0 saturated carbocycles. The minimum atomic E-state index is -0.208. The van der Waals surface area contributed by atoms with Crippen LogP contribution >= 0.6 is 0 Å². The second kappa shape index (κ2) is 6.13. The van der Waals surface area contributed by atoms with E-state index in [-0.39, 0.29) is 12.5 Å². The van der Waals surface area contributed by atoms with Crippen LogP contribution in [0.25, 0.3) is 5.69 Å². The SMILES string of the molecule is Cc1nn(-c2cccnc2)cc1C(=O)NCc1ncccn1. The molecule has 3 aromatic heterocycles. The third-order valence-corrected chi connectivity index (χ3v) is 3.08. The van der Waals surface area contributed by atoms with E-state index in [1.165, 1.54) is 0 Å². The van der Waals surface area contributed by atoms with Gasteiger partial charge in [0.25, 0.3) is 5.91 Å². The van der Waals surface area contributed by atoms with Gasteiger partial charge in [0.2, 0.25) is 0 Å². The zero-order valence-electron chi connectivity index (χ0n) is 12.0. The van der Waals surface area contributed by atoms with Crippen molar-refractivity contribution in [3.8, 4) is 5.69 Å². The summed E-state index contributed by atoms with van der Waals surface area (Å²) in [4.78, 5) is 24.4. The molecule has 0 aliphatic rings. The maximum absolute atomic E-state index is 12.2. The molecule has 0 atom stereocenters. The molecule has 3 aromatic rings. The van der Waals surface area contributed by atoms with Crippen molar-refractivity contribution < 1.29 is 4.79 Å². The molecule has 0 spiro atoms. The fourth-order valence-electron chi connectivity index (χ4n) is 1.98. The standard InChI is InChI=1S/C15H14N6O/c1-11-13(10-21(20-11)12-4-2-5-16-8-12)15(22)19-9-14-17-6-3-7-18-14/h2-8,10H,9H2,1H3,(H,19,22). The second-order valence-electron chi connectivity index (χ2n) is 4.63. The molecule has 3 heterocycles. The van der Waals surface area contributed by atoms with E-state index in [0.717, 1.165) is 5.69 Å². The average molecular weight is 294 g/mol. The van der Waals surface area contributed by atoms with E-state index in [2.05, 4.69) is 25.4 Å². The first-order valence-electron chi connectivity index (χ1n) is 6.75. The number of nitrogens with zero attached hydrogens (tertiary/aromatic N) is 5. The highest BCUT2D eigenvalue weighted by atomic mass is 16.1. The Morgan fingerprint density at radius 2 is 2.05 bits per heavy atom. The van der Waals surface area contributed by atoms with Crippen LogP contribution < -0.4 is 5.32 Å². The quantitative estimate of drug-likeness (QED) is 0.783. The van der Waals surface area contributed by atoms with Crippen molar-refractivity contribution >= 4 is 5.91 Å². The number of aromatic nitrogens is 5. The Kier molecular flexibility index (Phi) is 3.86. The summed E-state index contributed by atoms with van der Waals surface area (Å²) >= 11 is 0. The number of aryl methyl sites for hydroxylation is 1. The van der Waals surface area contributed by atoms with Crippen molar-refractivity contribution in [2.75, 3.05) is 0 Å². The Balaban J connectivity index is 1.74. The van der Waals surface area contributed by atoms with Crippen LogP contribution in [0.3, 0.4) is 0 Å². The highest BCUT2D eigenvalue weighted by Crippen LogP contribution is 2.11. The summed E-state index contributed by atoms with van der Waals surface area (Å²) in [5, 5.41) is 7.13. The molecule has 7 heteroatoms. The van der Waals surface area contributed by atoms with E-state index in [1.807, 2.05) is 12.1 Å². The Morgan fingerprint density at radius 3 is 2.77 bits per heavy atom. The van der Waals surface area contributed by atoms with Crippen LogP contribution in [0, 0.1) is 6.92 Å². The van der Waals surface area contributed by atoms with Crippen molar-refractivity contribution in [1.82, 2.24) is 30.0 Å². The first-order valence-corrected chi connectivity index (χ1v) is 6.75. The molecular formula is C15H14N6O. The highest BCUT2D eigenvalue weighted by Gasteiger charge is 2.14. The van der Waals surface area contributed by atoms with Gasteiger partial charge in [0.1, 0.15) is 5.82 Å². The van der Waals surface area contributed by atoms with E-state index >= 15 is 0 Å². The predicted molar refractivity (Wildman–Crippen MR) is 79.3 cm³/mol. The van der Waals surface area contributed by atoms with Gasteiger partial charge < -0.3 is 5.32 Å². The van der Waals surface area contributed by atoms with Crippen LogP contribution in [0.4, 0.5) is 0 Å². The van der Waals surface area contributed by atoms with Crippen LogP contribution in [-0.2, 0) is 6.54 Å². The summed E-state index contributed by atoms with van der Waals surface area (Å²) in [6.45, 7) is 2.07. The van der Waals surface area contributed by atoms with Crippen molar-refractivity contribution in [2.24, 2.45) is 0 Å². The second-order valence-corrected chi connectivity index (χ2v) is 4.63. The van der Waals surface area contributed by atoms with Gasteiger partial charge in [-0.15, -0.1) is 0 Å². The number of hydrogen-bond acceptors (Lipinski definition) is 5. The van der Waals surface area contributed by atoms with Gasteiger partial charge in [0.05, 0.1) is 29.7 Å². The van der Waals surface area contributed by atoms with Crippen molar-refractivity contribution in [3.63, 3.8) is 0 Å². The van der Waals surface area contributed by atoms with E-state index in [9.17, 15) is 4.79 Å². The van der Waals surface area contributed by atoms with Gasteiger partial charge in [-0.1, -0.05) is 0 Å². The van der Waals surface area contributed by atoms with Gasteiger partial charge in [-0.25, -0.2) is 14.6 Å². The van der Waals surface area contributed by atoms with Gasteiger partial charge in [-0.05, 0) is 25.1 Å². The fourth-order valence-corrected chi connectivity index (χ4v) is 1.98. The van der Waals surface area contributed by atoms with Gasteiger partial charge in [-0.3, -0.25) is 9.78 Å². The summed E-state index contributed by atoms with van der Waals surface area (Å²) in [5.41, 5.74) is 1.96. The average Bonchev–Trinajstić information content (AvgIpc) is 2.96. The fraction of sp³-hybridized carbons (Fsp3) is 0.133. The molecular weight excluding hydrogens is 280 g/mol. The maximum atomic E-state index is 12.2. The van der Waals surface area contributed by atoms with Crippen LogP contribution in [-0.4, -0.2) is 30.6 Å². The summed E-state index contributed by atoms with van der Waals surface area (Å²) in [7, 11) is 0. The lowest BCUT2D eigenvalue weighted by molar-refractivity contribution is 0.0949. The Bertz CT molecular complexity index is 769. The normalized spacial score (nSPS) is 10.4. The molecule has 1 N–H and O–H groups in total. The van der Waals surface area contributed by atoms with Crippen molar-refractivity contribution in [3.05, 3.63) is 66.3 Å². The maximum Gasteiger partial charge on any atom is 0.255 e. The molecule has 7 nitrogen and oxygen atoms in total. The van der Waals surface area contributed by atoms with Crippen molar-refractivity contribution in [1.29, 1.82) is 0 Å². The molecule has 110 valence electrons. The van der Waals surface area contributed by atoms with E-state index < -0.39 is 0 Å². The largest absolute Gasteiger partial charge is 0.345 e. The number of hydrogen-bond donors (Lipinski definition) is 1. The topological polar surface area (TPSA) is 85.6 Å². The lowest BCUT2D eigenvalue weighted by atomic mass is 10.2. The summed E-state index contributed by atoms with van der Waals surface area (Å²) in [5.74, 6) is 0.355. The van der Waals surface area contributed by atoms with Gasteiger partial charge in [0, 0.05) is 24.8 Å². The van der Waals surface area contributed by atoms with Gasteiger partial charge in [-0.2, -0.15) is 5.10 Å². The number of carbonyl (C=O) groups is 1. The number of nitrogens with one attached hydrogen (secondary N) is 1.